The summed E-state index contributed by atoms with van der Waals surface area (Å²) in [6.07, 6.45) is 0.481. The molecule has 0 bridgehead atoms. The normalized spacial score (nSPS) is 12.7. The van der Waals surface area contributed by atoms with Gasteiger partial charge in [-0.1, -0.05) is 12.1 Å². The van der Waals surface area contributed by atoms with E-state index in [0.717, 1.165) is 0 Å². The minimum absolute atomic E-state index is 0.271. The van der Waals surface area contributed by atoms with E-state index in [0.29, 0.717) is 41.3 Å². The van der Waals surface area contributed by atoms with Crippen LogP contribution in [0.3, 0.4) is 0 Å². The third-order valence-corrected chi connectivity index (χ3v) is 3.95. The van der Waals surface area contributed by atoms with Gasteiger partial charge < -0.3 is 9.47 Å². The number of hydrogen-bond acceptors (Lipinski definition) is 4. The van der Waals surface area contributed by atoms with Gasteiger partial charge in [0.2, 0.25) is 5.69 Å². The quantitative estimate of drug-likeness (QED) is 0.461. The topological polar surface area (TPSA) is 60.2 Å². The fourth-order valence-electron chi connectivity index (χ4n) is 2.68. The molecule has 1 aliphatic heterocycles. The van der Waals surface area contributed by atoms with Crippen LogP contribution in [0.5, 0.6) is 11.5 Å². The van der Waals surface area contributed by atoms with Gasteiger partial charge in [-0.05, 0) is 36.8 Å². The van der Waals surface area contributed by atoms with E-state index < -0.39 is 0 Å². The molecule has 1 aliphatic rings. The molecule has 0 N–H and O–H groups in total. The molecule has 0 aliphatic carbocycles. The predicted molar refractivity (Wildman–Crippen MR) is 91.2 cm³/mol. The molecule has 2 aromatic rings. The van der Waals surface area contributed by atoms with Crippen molar-refractivity contribution >= 4 is 17.5 Å². The molecule has 25 heavy (non-hydrogen) atoms. The lowest BCUT2D eigenvalue weighted by Crippen LogP contribution is -2.31. The summed E-state index contributed by atoms with van der Waals surface area (Å²) in [4.78, 5) is 29.2. The highest BCUT2D eigenvalue weighted by Crippen LogP contribution is 2.31. The van der Waals surface area contributed by atoms with Gasteiger partial charge in [0.15, 0.2) is 0 Å². The van der Waals surface area contributed by atoms with Gasteiger partial charge in [0.25, 0.3) is 11.8 Å². The van der Waals surface area contributed by atoms with E-state index in [1.807, 2.05) is 0 Å². The molecule has 0 fully saturated rings. The van der Waals surface area contributed by atoms with E-state index in [4.69, 9.17) is 16.0 Å². The zero-order valence-electron chi connectivity index (χ0n) is 13.7. The Morgan fingerprint density at radius 2 is 1.76 bits per heavy atom. The second kappa shape index (κ2) is 7.05. The summed E-state index contributed by atoms with van der Waals surface area (Å²) in [6, 6.07) is 11.8. The standard InChI is InChI=1S/C19H16N2O4/c1-20-16-12-13(24-2)8-9-17(16)25-11-5-10-21-18(22)14-6-3-4-7-15(14)19(21)23/h3-4,6-9,12H,5,10-11H2,2H3. The van der Waals surface area contributed by atoms with Crippen LogP contribution in [0.15, 0.2) is 42.5 Å². The Morgan fingerprint density at radius 3 is 2.36 bits per heavy atom. The average molecular weight is 336 g/mol. The lowest BCUT2D eigenvalue weighted by molar-refractivity contribution is 0.0647. The Bertz CT molecular complexity index is 835. The molecule has 0 radical (unpaired) electrons. The van der Waals surface area contributed by atoms with Gasteiger partial charge >= 0.3 is 0 Å². The maximum Gasteiger partial charge on any atom is 0.261 e. The molecule has 0 saturated carbocycles. The van der Waals surface area contributed by atoms with Crippen molar-refractivity contribution < 1.29 is 19.1 Å². The Kier molecular flexibility index (Phi) is 4.66. The zero-order chi connectivity index (χ0) is 17.8. The highest BCUT2D eigenvalue weighted by atomic mass is 16.5. The van der Waals surface area contributed by atoms with Gasteiger partial charge in [-0.2, -0.15) is 0 Å². The molecule has 1 heterocycles. The van der Waals surface area contributed by atoms with Gasteiger partial charge in [-0.15, -0.1) is 0 Å². The molecule has 0 spiro atoms. The van der Waals surface area contributed by atoms with Crippen LogP contribution in [0.4, 0.5) is 5.69 Å². The summed E-state index contributed by atoms with van der Waals surface area (Å²) in [5.41, 5.74) is 1.25. The first-order valence-corrected chi connectivity index (χ1v) is 7.79. The summed E-state index contributed by atoms with van der Waals surface area (Å²) in [5, 5.41) is 0. The number of imide groups is 1. The molecule has 6 nitrogen and oxygen atoms in total. The molecule has 0 aromatic heterocycles. The van der Waals surface area contributed by atoms with Gasteiger partial charge in [-0.25, -0.2) is 4.85 Å². The van der Waals surface area contributed by atoms with Crippen molar-refractivity contribution in [3.8, 4) is 11.5 Å². The van der Waals surface area contributed by atoms with E-state index in [9.17, 15) is 9.59 Å². The average Bonchev–Trinajstić information content (AvgIpc) is 2.90. The van der Waals surface area contributed by atoms with E-state index in [2.05, 4.69) is 4.85 Å². The first-order valence-electron chi connectivity index (χ1n) is 7.79. The van der Waals surface area contributed by atoms with Crippen LogP contribution in [-0.2, 0) is 0 Å². The Labute approximate surface area is 145 Å². The Morgan fingerprint density at radius 1 is 1.08 bits per heavy atom. The van der Waals surface area contributed by atoms with Crippen LogP contribution < -0.4 is 9.47 Å². The van der Waals surface area contributed by atoms with Gasteiger partial charge in [0, 0.05) is 6.54 Å². The summed E-state index contributed by atoms with van der Waals surface area (Å²) in [5.74, 6) is 0.501. The van der Waals surface area contributed by atoms with Gasteiger partial charge in [-0.3, -0.25) is 14.5 Å². The third-order valence-electron chi connectivity index (χ3n) is 3.95. The Balaban J connectivity index is 1.57. The van der Waals surface area contributed by atoms with Crippen molar-refractivity contribution in [1.82, 2.24) is 4.90 Å². The molecule has 0 unspecified atom stereocenters. The highest BCUT2D eigenvalue weighted by molar-refractivity contribution is 6.21. The third kappa shape index (κ3) is 3.17. The molecule has 3 rings (SSSR count). The zero-order valence-corrected chi connectivity index (χ0v) is 13.7. The SMILES string of the molecule is [C-]#[N+]c1cc(OC)ccc1OCCCN1C(=O)c2ccccc2C1=O. The van der Waals surface area contributed by atoms with Crippen LogP contribution in [0, 0.1) is 6.57 Å². The number of rotatable bonds is 6. The number of nitrogens with zero attached hydrogens (tertiary/aromatic N) is 2. The van der Waals surface area contributed by atoms with Gasteiger partial charge in [0.1, 0.15) is 11.5 Å². The number of carbonyl (C=O) groups excluding carboxylic acids is 2. The van der Waals surface area contributed by atoms with Crippen molar-refractivity contribution in [2.24, 2.45) is 0 Å². The second-order valence-corrected chi connectivity index (χ2v) is 5.46. The van der Waals surface area contributed by atoms with Crippen LogP contribution in [0.25, 0.3) is 4.85 Å². The summed E-state index contributed by atoms with van der Waals surface area (Å²) >= 11 is 0. The summed E-state index contributed by atoms with van der Waals surface area (Å²) in [6.45, 7) is 7.76. The molecular formula is C19H16N2O4. The van der Waals surface area contributed by atoms with Crippen molar-refractivity contribution in [1.29, 1.82) is 0 Å². The summed E-state index contributed by atoms with van der Waals surface area (Å²) < 4.78 is 10.7. The monoisotopic (exact) mass is 336 g/mol. The van der Waals surface area contributed by atoms with Crippen molar-refractivity contribution in [2.75, 3.05) is 20.3 Å². The molecular weight excluding hydrogens is 320 g/mol. The van der Waals surface area contributed by atoms with Gasteiger partial charge in [0.05, 0.1) is 31.4 Å². The maximum atomic E-state index is 12.3. The van der Waals surface area contributed by atoms with E-state index in [-0.39, 0.29) is 18.4 Å². The first-order chi connectivity index (χ1) is 12.2. The number of carbonyl (C=O) groups is 2. The first kappa shape index (κ1) is 16.5. The van der Waals surface area contributed by atoms with Crippen LogP contribution in [-0.4, -0.2) is 37.0 Å². The number of ether oxygens (including phenoxy) is 2. The van der Waals surface area contributed by atoms with Crippen molar-refractivity contribution in [3.05, 3.63) is 65.0 Å². The highest BCUT2D eigenvalue weighted by Gasteiger charge is 2.34. The number of methoxy groups -OCH3 is 1. The van der Waals surface area contributed by atoms with E-state index in [1.165, 1.54) is 12.0 Å². The minimum atomic E-state index is -0.271. The molecule has 126 valence electrons. The number of fused-ring (bicyclic) bond motifs is 1. The Hall–Kier alpha value is -3.33. The van der Waals surface area contributed by atoms with Crippen LogP contribution in [0.1, 0.15) is 27.1 Å². The number of hydrogen-bond donors (Lipinski definition) is 0. The van der Waals surface area contributed by atoms with Crippen molar-refractivity contribution in [3.63, 3.8) is 0 Å². The van der Waals surface area contributed by atoms with Crippen LogP contribution in [0.2, 0.25) is 0 Å². The number of benzene rings is 2. The molecule has 0 saturated heterocycles. The molecule has 2 aromatic carbocycles. The molecule has 6 heteroatoms. The molecule has 2 amide bonds. The lowest BCUT2D eigenvalue weighted by Gasteiger charge is -2.14. The lowest BCUT2D eigenvalue weighted by atomic mass is 10.1. The largest absolute Gasteiger partial charge is 0.505 e. The minimum Gasteiger partial charge on any atom is -0.505 e. The summed E-state index contributed by atoms with van der Waals surface area (Å²) in [7, 11) is 1.53. The molecule has 0 atom stereocenters. The van der Waals surface area contributed by atoms with Crippen molar-refractivity contribution in [2.45, 2.75) is 6.42 Å². The predicted octanol–water partition coefficient (Wildman–Crippen LogP) is 3.31. The van der Waals surface area contributed by atoms with E-state index in [1.54, 1.807) is 42.5 Å². The van der Waals surface area contributed by atoms with E-state index >= 15 is 0 Å². The smallest absolute Gasteiger partial charge is 0.261 e. The van der Waals surface area contributed by atoms with Crippen LogP contribution >= 0.6 is 0 Å². The maximum absolute atomic E-state index is 12.3. The second-order valence-electron chi connectivity index (χ2n) is 5.46. The fourth-order valence-corrected chi connectivity index (χ4v) is 2.68. The fraction of sp³-hybridized carbons (Fsp3) is 0.211. The number of amides is 2.